The number of anilines is 1. The lowest BCUT2D eigenvalue weighted by Gasteiger charge is -2.06. The molecule has 0 saturated carbocycles. The molecule has 1 amide bonds. The quantitative estimate of drug-likeness (QED) is 0.593. The van der Waals surface area contributed by atoms with E-state index in [4.69, 9.17) is 15.3 Å². The lowest BCUT2D eigenvalue weighted by atomic mass is 10.1. The number of ether oxygens (including phenoxy) is 1. The van der Waals surface area contributed by atoms with Gasteiger partial charge in [0.2, 0.25) is 0 Å². The summed E-state index contributed by atoms with van der Waals surface area (Å²) in [5.74, 6) is 0.337. The topological polar surface area (TPSA) is 97.9 Å². The van der Waals surface area contributed by atoms with Gasteiger partial charge < -0.3 is 15.4 Å². The molecule has 2 rings (SSSR count). The number of nitrogens with zero attached hydrogens (tertiary/aromatic N) is 2. The van der Waals surface area contributed by atoms with Gasteiger partial charge in [-0.1, -0.05) is 12.1 Å². The molecule has 0 aliphatic carbocycles. The Morgan fingerprint density at radius 3 is 2.38 bits per heavy atom. The van der Waals surface area contributed by atoms with E-state index in [0.717, 1.165) is 11.3 Å². The van der Waals surface area contributed by atoms with Gasteiger partial charge >= 0.3 is 0 Å². The largest absolute Gasteiger partial charge is 0.497 e. The Hall–Kier alpha value is -3.77. The van der Waals surface area contributed by atoms with Gasteiger partial charge in [-0.15, -0.1) is 0 Å². The highest BCUT2D eigenvalue weighted by Crippen LogP contribution is 2.11. The maximum absolute atomic E-state index is 12.1. The summed E-state index contributed by atoms with van der Waals surface area (Å²) < 4.78 is 5.10. The van der Waals surface area contributed by atoms with E-state index in [1.807, 2.05) is 36.4 Å². The molecule has 0 aromatic heterocycles. The Bertz CT molecular complexity index is 857. The maximum Gasteiger partial charge on any atom is 0.263 e. The normalized spacial score (nSPS) is 10.3. The van der Waals surface area contributed by atoms with Gasteiger partial charge in [-0.2, -0.15) is 10.5 Å². The van der Waals surface area contributed by atoms with Gasteiger partial charge in [0.1, 0.15) is 17.4 Å². The van der Waals surface area contributed by atoms with Crippen molar-refractivity contribution in [2.24, 2.45) is 0 Å². The minimum Gasteiger partial charge on any atom is -0.497 e. The first-order chi connectivity index (χ1) is 12.7. The van der Waals surface area contributed by atoms with Crippen molar-refractivity contribution in [3.63, 3.8) is 0 Å². The molecule has 0 fully saturated rings. The summed E-state index contributed by atoms with van der Waals surface area (Å²) in [7, 11) is 1.61. The predicted octanol–water partition coefficient (Wildman–Crippen LogP) is 2.75. The molecule has 2 N–H and O–H groups in total. The number of benzene rings is 2. The second-order valence-electron chi connectivity index (χ2n) is 5.36. The molecule has 130 valence electrons. The first-order valence-corrected chi connectivity index (χ1v) is 7.94. The van der Waals surface area contributed by atoms with E-state index in [2.05, 4.69) is 10.6 Å². The smallest absolute Gasteiger partial charge is 0.263 e. The number of nitrogens with one attached hydrogen (secondary N) is 2. The maximum atomic E-state index is 12.1. The minimum absolute atomic E-state index is 0.0240. The van der Waals surface area contributed by atoms with E-state index in [-0.39, 0.29) is 5.57 Å². The van der Waals surface area contributed by atoms with Crippen LogP contribution < -0.4 is 15.4 Å². The van der Waals surface area contributed by atoms with E-state index in [1.54, 1.807) is 31.4 Å². The highest BCUT2D eigenvalue weighted by atomic mass is 16.5. The SMILES string of the molecule is COc1ccc(CCNC(=O)/C(C#N)=C\Nc2ccc(C#N)cc2)cc1. The standard InChI is InChI=1S/C20H18N4O2/c1-26-19-8-4-15(5-9-19)10-11-23-20(25)17(13-22)14-24-18-6-2-16(12-21)3-7-18/h2-9,14,24H,10-11H2,1H3,(H,23,25)/b17-14-. The van der Waals surface area contributed by atoms with Crippen molar-refractivity contribution in [1.29, 1.82) is 10.5 Å². The fourth-order valence-electron chi connectivity index (χ4n) is 2.15. The molecular weight excluding hydrogens is 328 g/mol. The van der Waals surface area contributed by atoms with E-state index < -0.39 is 5.91 Å². The van der Waals surface area contributed by atoms with Gasteiger partial charge in [-0.3, -0.25) is 4.79 Å². The number of amides is 1. The zero-order valence-corrected chi connectivity index (χ0v) is 14.3. The molecule has 0 aliphatic rings. The van der Waals surface area contributed by atoms with Crippen LogP contribution in [0.25, 0.3) is 0 Å². The first-order valence-electron chi connectivity index (χ1n) is 7.94. The van der Waals surface area contributed by atoms with Crippen molar-refractivity contribution >= 4 is 11.6 Å². The molecule has 0 aliphatic heterocycles. The van der Waals surface area contributed by atoms with Crippen LogP contribution in [0.3, 0.4) is 0 Å². The lowest BCUT2D eigenvalue weighted by Crippen LogP contribution is -2.27. The molecule has 0 spiro atoms. The first kappa shape index (κ1) is 18.6. The number of nitriles is 2. The summed E-state index contributed by atoms with van der Waals surface area (Å²) in [6.07, 6.45) is 2.00. The van der Waals surface area contributed by atoms with E-state index >= 15 is 0 Å². The van der Waals surface area contributed by atoms with Crippen LogP contribution in [0, 0.1) is 22.7 Å². The number of hydrogen-bond acceptors (Lipinski definition) is 5. The Balaban J connectivity index is 1.86. The Kier molecular flexibility index (Phi) is 6.79. The second kappa shape index (κ2) is 9.51. The summed E-state index contributed by atoms with van der Waals surface area (Å²) >= 11 is 0. The fraction of sp³-hybridized carbons (Fsp3) is 0.150. The zero-order chi connectivity index (χ0) is 18.8. The molecule has 0 saturated heterocycles. The van der Waals surface area contributed by atoms with Crippen molar-refractivity contribution < 1.29 is 9.53 Å². The summed E-state index contributed by atoms with van der Waals surface area (Å²) in [4.78, 5) is 12.1. The third-order valence-corrected chi connectivity index (χ3v) is 3.62. The van der Waals surface area contributed by atoms with Crippen LogP contribution in [0.1, 0.15) is 11.1 Å². The monoisotopic (exact) mass is 346 g/mol. The molecule has 0 radical (unpaired) electrons. The van der Waals surface area contributed by atoms with Crippen LogP contribution in [0.15, 0.2) is 60.3 Å². The average molecular weight is 346 g/mol. The number of methoxy groups -OCH3 is 1. The molecule has 0 bridgehead atoms. The van der Waals surface area contributed by atoms with E-state index in [0.29, 0.717) is 24.2 Å². The van der Waals surface area contributed by atoms with Gasteiger partial charge in [-0.05, 0) is 48.4 Å². The minimum atomic E-state index is -0.442. The summed E-state index contributed by atoms with van der Waals surface area (Å²) in [5.41, 5.74) is 2.26. The summed E-state index contributed by atoms with van der Waals surface area (Å²) in [6, 6.07) is 18.2. The van der Waals surface area contributed by atoms with Crippen LogP contribution in [0.5, 0.6) is 5.75 Å². The van der Waals surface area contributed by atoms with Crippen molar-refractivity contribution in [2.45, 2.75) is 6.42 Å². The van der Waals surface area contributed by atoms with Crippen LogP contribution in [0.4, 0.5) is 5.69 Å². The van der Waals surface area contributed by atoms with Crippen molar-refractivity contribution in [3.05, 3.63) is 71.4 Å². The molecule has 0 heterocycles. The molecule has 6 nitrogen and oxygen atoms in total. The Morgan fingerprint density at radius 1 is 1.12 bits per heavy atom. The van der Waals surface area contributed by atoms with Crippen LogP contribution in [0.2, 0.25) is 0 Å². The third-order valence-electron chi connectivity index (χ3n) is 3.62. The van der Waals surface area contributed by atoms with Gasteiger partial charge in [0, 0.05) is 18.4 Å². The van der Waals surface area contributed by atoms with Crippen LogP contribution in [-0.2, 0) is 11.2 Å². The third kappa shape index (κ3) is 5.40. The van der Waals surface area contributed by atoms with Crippen LogP contribution in [-0.4, -0.2) is 19.6 Å². The lowest BCUT2D eigenvalue weighted by molar-refractivity contribution is -0.117. The van der Waals surface area contributed by atoms with Gasteiger partial charge in [0.25, 0.3) is 5.91 Å². The fourth-order valence-corrected chi connectivity index (χ4v) is 2.15. The molecule has 2 aromatic rings. The van der Waals surface area contributed by atoms with Crippen LogP contribution >= 0.6 is 0 Å². The molecule has 2 aromatic carbocycles. The summed E-state index contributed by atoms with van der Waals surface area (Å²) in [6.45, 7) is 0.418. The zero-order valence-electron chi connectivity index (χ0n) is 14.3. The molecule has 0 unspecified atom stereocenters. The van der Waals surface area contributed by atoms with Crippen molar-refractivity contribution in [1.82, 2.24) is 5.32 Å². The molecular formula is C20H18N4O2. The van der Waals surface area contributed by atoms with Crippen molar-refractivity contribution in [3.8, 4) is 17.9 Å². The molecule has 0 atom stereocenters. The number of rotatable bonds is 7. The summed E-state index contributed by atoms with van der Waals surface area (Å²) in [5, 5.41) is 23.5. The number of carbonyl (C=O) groups excluding carboxylic acids is 1. The second-order valence-corrected chi connectivity index (χ2v) is 5.36. The van der Waals surface area contributed by atoms with Crippen molar-refractivity contribution in [2.75, 3.05) is 19.0 Å². The van der Waals surface area contributed by atoms with Gasteiger partial charge in [0.05, 0.1) is 18.7 Å². The average Bonchev–Trinajstić information content (AvgIpc) is 2.69. The Morgan fingerprint density at radius 2 is 1.81 bits per heavy atom. The number of hydrogen-bond donors (Lipinski definition) is 2. The predicted molar refractivity (Wildman–Crippen MR) is 98.2 cm³/mol. The molecule has 6 heteroatoms. The highest BCUT2D eigenvalue weighted by molar-refractivity contribution is 5.97. The molecule has 26 heavy (non-hydrogen) atoms. The van der Waals surface area contributed by atoms with Gasteiger partial charge in [-0.25, -0.2) is 0 Å². The van der Waals surface area contributed by atoms with Gasteiger partial charge in [0.15, 0.2) is 0 Å². The van der Waals surface area contributed by atoms with E-state index in [1.165, 1.54) is 6.20 Å². The highest BCUT2D eigenvalue weighted by Gasteiger charge is 2.08. The number of carbonyl (C=O) groups is 1. The van der Waals surface area contributed by atoms with E-state index in [9.17, 15) is 4.79 Å². The Labute approximate surface area is 152 Å².